The van der Waals surface area contributed by atoms with Gasteiger partial charge in [-0.1, -0.05) is 6.58 Å². The maximum Gasteiger partial charge on any atom is 0.258 e. The molecule has 10 nitrogen and oxygen atoms in total. The number of hydrogen-bond donors (Lipinski definition) is 1. The van der Waals surface area contributed by atoms with Gasteiger partial charge in [0.25, 0.3) is 5.91 Å². The first-order chi connectivity index (χ1) is 18.4. The van der Waals surface area contributed by atoms with Gasteiger partial charge in [0.05, 0.1) is 41.4 Å². The minimum absolute atomic E-state index is 0.00212. The Labute approximate surface area is 221 Å². The molecular formula is C28H33N7O3. The van der Waals surface area contributed by atoms with Crippen LogP contribution in [-0.4, -0.2) is 67.3 Å². The van der Waals surface area contributed by atoms with Crippen molar-refractivity contribution in [2.24, 2.45) is 0 Å². The Balaban J connectivity index is 1.62. The van der Waals surface area contributed by atoms with Gasteiger partial charge in [0, 0.05) is 43.0 Å². The molecule has 4 heterocycles. The maximum absolute atomic E-state index is 13.3. The summed E-state index contributed by atoms with van der Waals surface area (Å²) in [7, 11) is 1.69. The number of ether oxygens (including phenoxy) is 1. The highest BCUT2D eigenvalue weighted by Crippen LogP contribution is 2.33. The van der Waals surface area contributed by atoms with Crippen molar-refractivity contribution in [2.75, 3.05) is 25.5 Å². The van der Waals surface area contributed by atoms with E-state index in [4.69, 9.17) is 9.72 Å². The topological polar surface area (TPSA) is 107 Å². The molecule has 0 unspecified atom stereocenters. The molecule has 0 aliphatic carbocycles. The number of nitrogens with one attached hydrogen (secondary N) is 1. The number of carbonyl (C=O) groups is 2. The van der Waals surface area contributed by atoms with Crippen molar-refractivity contribution < 1.29 is 14.3 Å². The third-order valence-electron chi connectivity index (χ3n) is 7.17. The quantitative estimate of drug-likeness (QED) is 0.371. The summed E-state index contributed by atoms with van der Waals surface area (Å²) in [4.78, 5) is 36.7. The first-order valence-corrected chi connectivity index (χ1v) is 12.9. The SMILES string of the molecule is C=CC(=O)N1CCCC[C@@H](n2c(NC(=O)c3ccnc(C)c3)nc3cc4cnn(C[C@@H](C)OC)c4cc32)C1. The van der Waals surface area contributed by atoms with Crippen molar-refractivity contribution in [3.8, 4) is 0 Å². The van der Waals surface area contributed by atoms with Crippen LogP contribution in [0.2, 0.25) is 0 Å². The van der Waals surface area contributed by atoms with Crippen molar-refractivity contribution in [3.63, 3.8) is 0 Å². The van der Waals surface area contributed by atoms with Crippen LogP contribution in [-0.2, 0) is 16.1 Å². The third-order valence-corrected chi connectivity index (χ3v) is 7.17. The predicted octanol–water partition coefficient (Wildman–Crippen LogP) is 4.12. The zero-order chi connectivity index (χ0) is 26.8. The number of imidazole rings is 1. The van der Waals surface area contributed by atoms with Gasteiger partial charge in [-0.25, -0.2) is 4.98 Å². The van der Waals surface area contributed by atoms with Crippen LogP contribution in [0.25, 0.3) is 21.9 Å². The van der Waals surface area contributed by atoms with E-state index in [0.717, 1.165) is 46.9 Å². The van der Waals surface area contributed by atoms with Gasteiger partial charge in [-0.05, 0) is 63.5 Å². The number of aromatic nitrogens is 5. The first kappa shape index (κ1) is 25.6. The smallest absolute Gasteiger partial charge is 0.258 e. The van der Waals surface area contributed by atoms with Crippen molar-refractivity contribution in [3.05, 3.63) is 60.6 Å². The fraction of sp³-hybridized carbons (Fsp3) is 0.393. The average Bonchev–Trinajstić information content (AvgIpc) is 3.36. The predicted molar refractivity (Wildman–Crippen MR) is 146 cm³/mol. The highest BCUT2D eigenvalue weighted by atomic mass is 16.5. The van der Waals surface area contributed by atoms with Crippen LogP contribution in [0.3, 0.4) is 0 Å². The fourth-order valence-corrected chi connectivity index (χ4v) is 5.11. The van der Waals surface area contributed by atoms with Crippen LogP contribution in [0, 0.1) is 6.92 Å². The van der Waals surface area contributed by atoms with E-state index in [-0.39, 0.29) is 24.0 Å². The molecule has 4 aromatic rings. The van der Waals surface area contributed by atoms with Crippen LogP contribution in [0.4, 0.5) is 5.95 Å². The molecule has 0 bridgehead atoms. The molecule has 0 radical (unpaired) electrons. The molecule has 0 spiro atoms. The second-order valence-corrected chi connectivity index (χ2v) is 9.86. The van der Waals surface area contributed by atoms with Crippen molar-refractivity contribution in [1.29, 1.82) is 0 Å². The Kier molecular flexibility index (Phi) is 7.24. The van der Waals surface area contributed by atoms with E-state index in [2.05, 4.69) is 32.6 Å². The highest BCUT2D eigenvalue weighted by Gasteiger charge is 2.27. The number of benzene rings is 1. The largest absolute Gasteiger partial charge is 0.380 e. The summed E-state index contributed by atoms with van der Waals surface area (Å²) in [5.74, 6) is 0.104. The molecule has 1 aliphatic rings. The number of nitrogens with zero attached hydrogens (tertiary/aromatic N) is 6. The van der Waals surface area contributed by atoms with E-state index in [1.54, 1.807) is 25.4 Å². The molecule has 2 amide bonds. The number of pyridine rings is 1. The van der Waals surface area contributed by atoms with Gasteiger partial charge in [0.15, 0.2) is 0 Å². The summed E-state index contributed by atoms with van der Waals surface area (Å²) in [6.45, 7) is 9.32. The molecule has 198 valence electrons. The molecule has 5 rings (SSSR count). The van der Waals surface area contributed by atoms with Gasteiger partial charge in [-0.15, -0.1) is 0 Å². The number of hydrogen-bond acceptors (Lipinski definition) is 6. The number of methoxy groups -OCH3 is 1. The molecule has 1 aromatic carbocycles. The fourth-order valence-electron chi connectivity index (χ4n) is 5.11. The zero-order valence-electron chi connectivity index (χ0n) is 22.1. The van der Waals surface area contributed by atoms with Crippen LogP contribution < -0.4 is 5.32 Å². The van der Waals surface area contributed by atoms with Crippen LogP contribution in [0.5, 0.6) is 0 Å². The summed E-state index contributed by atoms with van der Waals surface area (Å²) in [6, 6.07) is 7.43. The molecule has 1 fully saturated rings. The molecular weight excluding hydrogens is 482 g/mol. The Morgan fingerprint density at radius 3 is 2.87 bits per heavy atom. The van der Waals surface area contributed by atoms with E-state index < -0.39 is 0 Å². The lowest BCUT2D eigenvalue weighted by Gasteiger charge is -2.26. The molecule has 1 aliphatic heterocycles. The van der Waals surface area contributed by atoms with Gasteiger partial charge in [0.2, 0.25) is 11.9 Å². The Bertz CT molecular complexity index is 1510. The number of fused-ring (bicyclic) bond motifs is 2. The molecule has 3 aromatic heterocycles. The minimum Gasteiger partial charge on any atom is -0.380 e. The number of rotatable bonds is 7. The summed E-state index contributed by atoms with van der Waals surface area (Å²) in [5, 5.41) is 8.57. The van der Waals surface area contributed by atoms with Gasteiger partial charge >= 0.3 is 0 Å². The minimum atomic E-state index is -0.260. The molecule has 1 saturated heterocycles. The average molecular weight is 516 g/mol. The number of likely N-dealkylation sites (tertiary alicyclic amines) is 1. The van der Waals surface area contributed by atoms with Crippen molar-refractivity contribution in [2.45, 2.75) is 51.8 Å². The zero-order valence-corrected chi connectivity index (χ0v) is 22.1. The Morgan fingerprint density at radius 2 is 2.11 bits per heavy atom. The molecule has 0 saturated carbocycles. The lowest BCUT2D eigenvalue weighted by molar-refractivity contribution is -0.126. The van der Waals surface area contributed by atoms with E-state index in [1.165, 1.54) is 6.08 Å². The Hall–Kier alpha value is -4.05. The number of aryl methyl sites for hydroxylation is 1. The standard InChI is InChI=1S/C28H33N7O3/c1-5-26(36)33-11-7-6-8-22(17-33)35-25-14-24-21(15-30-34(24)16-19(3)38-4)13-23(25)31-28(35)32-27(37)20-9-10-29-18(2)12-20/h5,9-10,12-15,19,22H,1,6-8,11,16-17H2,2-4H3,(H,31,32,37)/t19-,22-/m1/s1. The van der Waals surface area contributed by atoms with Gasteiger partial charge < -0.3 is 14.2 Å². The highest BCUT2D eigenvalue weighted by molar-refractivity contribution is 6.04. The van der Waals surface area contributed by atoms with Gasteiger partial charge in [0.1, 0.15) is 0 Å². The lowest BCUT2D eigenvalue weighted by atomic mass is 10.1. The first-order valence-electron chi connectivity index (χ1n) is 12.9. The molecule has 10 heteroatoms. The molecule has 2 atom stereocenters. The second-order valence-electron chi connectivity index (χ2n) is 9.86. The van der Waals surface area contributed by atoms with Crippen molar-refractivity contribution in [1.82, 2.24) is 29.2 Å². The van der Waals surface area contributed by atoms with Gasteiger partial charge in [-0.2, -0.15) is 5.10 Å². The van der Waals surface area contributed by atoms with Crippen molar-refractivity contribution >= 4 is 39.7 Å². The molecule has 38 heavy (non-hydrogen) atoms. The van der Waals surface area contributed by atoms with E-state index >= 15 is 0 Å². The third kappa shape index (κ3) is 5.04. The maximum atomic E-state index is 13.3. The van der Waals surface area contributed by atoms with E-state index in [0.29, 0.717) is 31.1 Å². The van der Waals surface area contributed by atoms with Crippen LogP contribution in [0.15, 0.2) is 49.3 Å². The summed E-state index contributed by atoms with van der Waals surface area (Å²) >= 11 is 0. The lowest BCUT2D eigenvalue weighted by Crippen LogP contribution is -2.34. The number of anilines is 1. The molecule has 1 N–H and O–H groups in total. The summed E-state index contributed by atoms with van der Waals surface area (Å²) in [6.07, 6.45) is 7.52. The second kappa shape index (κ2) is 10.7. The van der Waals surface area contributed by atoms with Crippen LogP contribution in [0.1, 0.15) is 48.3 Å². The Morgan fingerprint density at radius 1 is 1.26 bits per heavy atom. The van der Waals surface area contributed by atoms with E-state index in [1.807, 2.05) is 35.7 Å². The van der Waals surface area contributed by atoms with E-state index in [9.17, 15) is 9.59 Å². The van der Waals surface area contributed by atoms with Gasteiger partial charge in [-0.3, -0.25) is 24.6 Å². The summed E-state index contributed by atoms with van der Waals surface area (Å²) < 4.78 is 9.47. The number of amides is 2. The van der Waals surface area contributed by atoms with Crippen LogP contribution >= 0.6 is 0 Å². The number of carbonyl (C=O) groups excluding carboxylic acids is 2. The summed E-state index contributed by atoms with van der Waals surface area (Å²) in [5.41, 5.74) is 3.86. The normalized spacial score (nSPS) is 16.9. The monoisotopic (exact) mass is 515 g/mol.